The van der Waals surface area contributed by atoms with E-state index in [1.54, 1.807) is 7.11 Å². The summed E-state index contributed by atoms with van der Waals surface area (Å²) in [6.45, 7) is 0.744. The summed E-state index contributed by atoms with van der Waals surface area (Å²) in [5, 5.41) is 1.03. The maximum Gasteiger partial charge on any atom is 0.169 e. The minimum Gasteiger partial charge on any atom is -0.484 e. The van der Waals surface area contributed by atoms with E-state index in [0.29, 0.717) is 34.0 Å². The average Bonchev–Trinajstić information content (AvgIpc) is 2.37. The van der Waals surface area contributed by atoms with Gasteiger partial charge in [0.1, 0.15) is 6.10 Å². The van der Waals surface area contributed by atoms with Crippen LogP contribution in [0.3, 0.4) is 0 Å². The minimum atomic E-state index is -0.604. The van der Waals surface area contributed by atoms with Crippen molar-refractivity contribution in [3.8, 4) is 5.75 Å². The van der Waals surface area contributed by atoms with Gasteiger partial charge in [-0.15, -0.1) is 0 Å². The molecule has 0 saturated heterocycles. The van der Waals surface area contributed by atoms with Gasteiger partial charge in [-0.3, -0.25) is 4.79 Å². The third-order valence-electron chi connectivity index (χ3n) is 2.87. The zero-order valence-corrected chi connectivity index (χ0v) is 13.0. The van der Waals surface area contributed by atoms with E-state index in [-0.39, 0.29) is 12.2 Å². The van der Waals surface area contributed by atoms with Crippen LogP contribution in [0.4, 0.5) is 0 Å². The highest BCUT2D eigenvalue weighted by Crippen LogP contribution is 2.38. The molecule has 110 valence electrons. The number of carbonyl (C=O) groups excluding carboxylic acids is 1. The Morgan fingerprint density at radius 2 is 1.85 bits per heavy atom. The normalized spacial score (nSPS) is 21.7. The number of methoxy groups -OCH3 is 1. The smallest absolute Gasteiger partial charge is 0.169 e. The van der Waals surface area contributed by atoms with E-state index in [2.05, 4.69) is 0 Å². The number of Topliss-reactive ketones (excluding diaryl/α,β-unsaturated/α-hetero) is 1. The van der Waals surface area contributed by atoms with E-state index in [0.717, 1.165) is 0 Å². The lowest BCUT2D eigenvalue weighted by Gasteiger charge is -2.35. The molecular weight excluding hydrogens is 326 g/mol. The lowest BCUT2D eigenvalue weighted by Crippen LogP contribution is -2.52. The number of hydrogen-bond donors (Lipinski definition) is 0. The predicted octanol–water partition coefficient (Wildman–Crippen LogP) is 3.40. The highest BCUT2D eigenvalue weighted by molar-refractivity contribution is 6.40. The van der Waals surface area contributed by atoms with Crippen molar-refractivity contribution < 1.29 is 19.0 Å². The standard InChI is InChI=1S/C13H13Cl3O4/c1-18-2-3-19-13-10(17)6-11(13)20-12-8(15)4-7(14)5-9(12)16/h4-5,11,13H,2-3,6H2,1H3. The molecule has 0 aromatic heterocycles. The molecule has 7 heteroatoms. The van der Waals surface area contributed by atoms with Gasteiger partial charge in [-0.05, 0) is 12.1 Å². The van der Waals surface area contributed by atoms with E-state index < -0.39 is 12.2 Å². The Morgan fingerprint density at radius 1 is 1.20 bits per heavy atom. The summed E-state index contributed by atoms with van der Waals surface area (Å²) >= 11 is 17.9. The molecule has 1 aliphatic carbocycles. The van der Waals surface area contributed by atoms with Crippen molar-refractivity contribution in [3.05, 3.63) is 27.2 Å². The first kappa shape index (κ1) is 15.9. The van der Waals surface area contributed by atoms with E-state index in [4.69, 9.17) is 49.0 Å². The monoisotopic (exact) mass is 338 g/mol. The molecule has 20 heavy (non-hydrogen) atoms. The first-order valence-electron chi connectivity index (χ1n) is 5.97. The van der Waals surface area contributed by atoms with Crippen molar-refractivity contribution in [1.82, 2.24) is 0 Å². The van der Waals surface area contributed by atoms with Crippen LogP contribution in [-0.4, -0.2) is 38.3 Å². The van der Waals surface area contributed by atoms with Gasteiger partial charge in [-0.25, -0.2) is 0 Å². The third-order valence-corrected chi connectivity index (χ3v) is 3.65. The van der Waals surface area contributed by atoms with Crippen LogP contribution < -0.4 is 4.74 Å². The second-order valence-electron chi connectivity index (χ2n) is 4.31. The van der Waals surface area contributed by atoms with Gasteiger partial charge in [0.25, 0.3) is 0 Å². The van der Waals surface area contributed by atoms with Gasteiger partial charge in [0.05, 0.1) is 23.3 Å². The summed E-state index contributed by atoms with van der Waals surface area (Å²) in [5.74, 6) is 0.308. The zero-order chi connectivity index (χ0) is 14.7. The predicted molar refractivity (Wildman–Crippen MR) is 77.1 cm³/mol. The van der Waals surface area contributed by atoms with Crippen LogP contribution in [0, 0.1) is 0 Å². The Labute approximate surface area is 131 Å². The van der Waals surface area contributed by atoms with Crippen LogP contribution >= 0.6 is 34.8 Å². The summed E-state index contributed by atoms with van der Waals surface area (Å²) in [7, 11) is 1.56. The van der Waals surface area contributed by atoms with Crippen LogP contribution in [0.5, 0.6) is 5.75 Å². The first-order valence-corrected chi connectivity index (χ1v) is 7.10. The molecule has 2 unspecified atom stereocenters. The van der Waals surface area contributed by atoms with Crippen LogP contribution in [-0.2, 0) is 14.3 Å². The van der Waals surface area contributed by atoms with Gasteiger partial charge >= 0.3 is 0 Å². The van der Waals surface area contributed by atoms with Crippen molar-refractivity contribution in [2.45, 2.75) is 18.6 Å². The Kier molecular flexibility index (Phi) is 5.52. The van der Waals surface area contributed by atoms with Crippen molar-refractivity contribution in [2.75, 3.05) is 20.3 Å². The van der Waals surface area contributed by atoms with Crippen LogP contribution in [0.2, 0.25) is 15.1 Å². The van der Waals surface area contributed by atoms with Gasteiger partial charge in [-0.1, -0.05) is 34.8 Å². The van der Waals surface area contributed by atoms with Crippen molar-refractivity contribution >= 4 is 40.6 Å². The summed E-state index contributed by atoms with van der Waals surface area (Å²) in [6.07, 6.45) is -0.726. The zero-order valence-electron chi connectivity index (χ0n) is 10.7. The van der Waals surface area contributed by atoms with E-state index >= 15 is 0 Å². The number of carbonyl (C=O) groups is 1. The average molecular weight is 340 g/mol. The van der Waals surface area contributed by atoms with Gasteiger partial charge < -0.3 is 14.2 Å². The summed E-state index contributed by atoms with van der Waals surface area (Å²) < 4.78 is 15.9. The Morgan fingerprint density at radius 3 is 2.40 bits per heavy atom. The maximum absolute atomic E-state index is 11.5. The topological polar surface area (TPSA) is 44.8 Å². The molecule has 1 aromatic rings. The van der Waals surface area contributed by atoms with Gasteiger partial charge in [0, 0.05) is 18.6 Å². The minimum absolute atomic E-state index is 0.00712. The van der Waals surface area contributed by atoms with Crippen molar-refractivity contribution in [1.29, 1.82) is 0 Å². The molecule has 4 nitrogen and oxygen atoms in total. The molecule has 0 bridgehead atoms. The quantitative estimate of drug-likeness (QED) is 0.745. The summed E-state index contributed by atoms with van der Waals surface area (Å²) in [6, 6.07) is 3.07. The second kappa shape index (κ2) is 6.96. The highest BCUT2D eigenvalue weighted by atomic mass is 35.5. The Balaban J connectivity index is 2.01. The molecule has 0 heterocycles. The fourth-order valence-electron chi connectivity index (χ4n) is 1.82. The Hall–Kier alpha value is -0.520. The molecule has 2 rings (SSSR count). The van der Waals surface area contributed by atoms with Gasteiger partial charge in [0.15, 0.2) is 17.6 Å². The van der Waals surface area contributed by atoms with Gasteiger partial charge in [-0.2, -0.15) is 0 Å². The molecule has 0 amide bonds. The maximum atomic E-state index is 11.5. The molecular formula is C13H13Cl3O4. The molecule has 0 spiro atoms. The van der Waals surface area contributed by atoms with Crippen molar-refractivity contribution in [3.63, 3.8) is 0 Å². The number of hydrogen-bond acceptors (Lipinski definition) is 4. The summed E-state index contributed by atoms with van der Waals surface area (Å²) in [5.41, 5.74) is 0. The van der Waals surface area contributed by atoms with Crippen LogP contribution in [0.1, 0.15) is 6.42 Å². The molecule has 0 N–H and O–H groups in total. The van der Waals surface area contributed by atoms with Crippen molar-refractivity contribution in [2.24, 2.45) is 0 Å². The van der Waals surface area contributed by atoms with Crippen LogP contribution in [0.15, 0.2) is 12.1 Å². The Bertz CT molecular complexity index is 483. The molecule has 0 aliphatic heterocycles. The molecule has 2 atom stereocenters. The van der Waals surface area contributed by atoms with E-state index in [9.17, 15) is 4.79 Å². The van der Waals surface area contributed by atoms with E-state index in [1.807, 2.05) is 0 Å². The van der Waals surface area contributed by atoms with Gasteiger partial charge in [0.2, 0.25) is 0 Å². The molecule has 0 radical (unpaired) electrons. The molecule has 1 fully saturated rings. The van der Waals surface area contributed by atoms with Crippen LogP contribution in [0.25, 0.3) is 0 Å². The number of benzene rings is 1. The molecule has 1 aromatic carbocycles. The number of ketones is 1. The molecule has 1 aliphatic rings. The number of halogens is 3. The molecule has 1 saturated carbocycles. The summed E-state index contributed by atoms with van der Waals surface area (Å²) in [4.78, 5) is 11.5. The fourth-order valence-corrected chi connectivity index (χ4v) is 2.73. The lowest BCUT2D eigenvalue weighted by atomic mass is 9.90. The third kappa shape index (κ3) is 3.57. The number of rotatable bonds is 6. The fraction of sp³-hybridized carbons (Fsp3) is 0.462. The lowest BCUT2D eigenvalue weighted by molar-refractivity contribution is -0.156. The highest BCUT2D eigenvalue weighted by Gasteiger charge is 2.43. The first-order chi connectivity index (χ1) is 9.52. The second-order valence-corrected chi connectivity index (χ2v) is 5.56. The largest absolute Gasteiger partial charge is 0.484 e. The number of ether oxygens (including phenoxy) is 3. The van der Waals surface area contributed by atoms with E-state index in [1.165, 1.54) is 12.1 Å². The SMILES string of the molecule is COCCOC1C(=O)CC1Oc1c(Cl)cc(Cl)cc1Cl.